The van der Waals surface area contributed by atoms with Crippen molar-refractivity contribution in [1.82, 2.24) is 9.88 Å². The summed E-state index contributed by atoms with van der Waals surface area (Å²) in [5.74, 6) is -0.764. The number of hydrogen-bond donors (Lipinski definition) is 1. The van der Waals surface area contributed by atoms with Crippen molar-refractivity contribution in [1.29, 1.82) is 0 Å². The van der Waals surface area contributed by atoms with Gasteiger partial charge in [0.25, 0.3) is 5.91 Å². The molecule has 2 aliphatic heterocycles. The molecule has 1 unspecified atom stereocenters. The van der Waals surface area contributed by atoms with Crippen molar-refractivity contribution in [3.8, 4) is 0 Å². The zero-order chi connectivity index (χ0) is 17.4. The summed E-state index contributed by atoms with van der Waals surface area (Å²) in [6.45, 7) is 5.03. The highest BCUT2D eigenvalue weighted by Gasteiger charge is 2.32. The molecule has 1 aromatic carbocycles. The maximum Gasteiger partial charge on any atom is 0.339 e. The molecule has 0 aliphatic carbocycles. The second kappa shape index (κ2) is 6.57. The van der Waals surface area contributed by atoms with Crippen LogP contribution in [0.2, 0.25) is 0 Å². The van der Waals surface area contributed by atoms with E-state index < -0.39 is 12.1 Å². The van der Waals surface area contributed by atoms with Crippen LogP contribution in [0.25, 0.3) is 0 Å². The highest BCUT2D eigenvalue weighted by atomic mass is 32.1. The number of aromatic nitrogens is 1. The van der Waals surface area contributed by atoms with Crippen LogP contribution in [0.3, 0.4) is 0 Å². The average molecular weight is 357 g/mol. The molecule has 1 aromatic heterocycles. The molecule has 7 heteroatoms. The SMILES string of the molecule is CCN1CCc2nc(NC(=O)C3Cc4ccccc4C(=O)O3)sc2C1. The number of anilines is 1. The van der Waals surface area contributed by atoms with Crippen molar-refractivity contribution < 1.29 is 14.3 Å². The predicted molar refractivity (Wildman–Crippen MR) is 94.7 cm³/mol. The summed E-state index contributed by atoms with van der Waals surface area (Å²) < 4.78 is 5.30. The zero-order valence-corrected chi connectivity index (χ0v) is 14.8. The quantitative estimate of drug-likeness (QED) is 0.853. The molecule has 25 heavy (non-hydrogen) atoms. The fraction of sp³-hybridized carbons (Fsp3) is 0.389. The number of esters is 1. The largest absolute Gasteiger partial charge is 0.448 e. The molecular formula is C18H19N3O3S. The molecule has 2 aliphatic rings. The van der Waals surface area contributed by atoms with E-state index in [0.29, 0.717) is 17.1 Å². The Kier molecular flexibility index (Phi) is 4.27. The summed E-state index contributed by atoms with van der Waals surface area (Å²) in [4.78, 5) is 32.7. The molecular weight excluding hydrogens is 338 g/mol. The van der Waals surface area contributed by atoms with E-state index >= 15 is 0 Å². The molecule has 0 spiro atoms. The van der Waals surface area contributed by atoms with E-state index in [4.69, 9.17) is 4.74 Å². The lowest BCUT2D eigenvalue weighted by Gasteiger charge is -2.23. The van der Waals surface area contributed by atoms with E-state index in [1.165, 1.54) is 16.2 Å². The average Bonchev–Trinajstić information content (AvgIpc) is 3.02. The van der Waals surface area contributed by atoms with Crippen molar-refractivity contribution in [2.24, 2.45) is 0 Å². The fourth-order valence-electron chi connectivity index (χ4n) is 3.24. The van der Waals surface area contributed by atoms with Crippen LogP contribution < -0.4 is 5.32 Å². The number of thiazole rings is 1. The molecule has 6 nitrogen and oxygen atoms in total. The molecule has 4 rings (SSSR count). The van der Waals surface area contributed by atoms with Crippen molar-refractivity contribution in [2.75, 3.05) is 18.4 Å². The number of amides is 1. The second-order valence-electron chi connectivity index (χ2n) is 6.25. The molecule has 1 atom stereocenters. The van der Waals surface area contributed by atoms with Crippen molar-refractivity contribution in [3.63, 3.8) is 0 Å². The Morgan fingerprint density at radius 2 is 2.28 bits per heavy atom. The van der Waals surface area contributed by atoms with Crippen LogP contribution in [0.15, 0.2) is 24.3 Å². The lowest BCUT2D eigenvalue weighted by Crippen LogP contribution is -2.37. The first kappa shape index (κ1) is 16.2. The van der Waals surface area contributed by atoms with E-state index in [0.717, 1.165) is 37.3 Å². The van der Waals surface area contributed by atoms with E-state index in [1.54, 1.807) is 12.1 Å². The highest BCUT2D eigenvalue weighted by Crippen LogP contribution is 2.29. The Morgan fingerprint density at radius 1 is 1.44 bits per heavy atom. The number of ether oxygens (including phenoxy) is 1. The van der Waals surface area contributed by atoms with Gasteiger partial charge in [0, 0.05) is 30.8 Å². The van der Waals surface area contributed by atoms with E-state index in [1.807, 2.05) is 12.1 Å². The van der Waals surface area contributed by atoms with E-state index in [9.17, 15) is 9.59 Å². The third kappa shape index (κ3) is 3.17. The molecule has 0 saturated heterocycles. The Morgan fingerprint density at radius 3 is 3.12 bits per heavy atom. The summed E-state index contributed by atoms with van der Waals surface area (Å²) in [6, 6.07) is 7.23. The standard InChI is InChI=1S/C18H19N3O3S/c1-2-21-8-7-13-15(10-21)25-18(19-13)20-16(22)14-9-11-5-3-4-6-12(11)17(23)24-14/h3-6,14H,2,7-10H2,1H3,(H,19,20,22). The van der Waals surface area contributed by atoms with Crippen LogP contribution in [-0.4, -0.2) is 41.0 Å². The van der Waals surface area contributed by atoms with Gasteiger partial charge in [0.15, 0.2) is 11.2 Å². The Bertz CT molecular complexity index is 833. The molecule has 3 heterocycles. The maximum atomic E-state index is 12.5. The van der Waals surface area contributed by atoms with Crippen LogP contribution in [0, 0.1) is 0 Å². The summed E-state index contributed by atoms with van der Waals surface area (Å²) in [5.41, 5.74) is 2.45. The van der Waals surface area contributed by atoms with Gasteiger partial charge >= 0.3 is 5.97 Å². The van der Waals surface area contributed by atoms with Crippen LogP contribution in [-0.2, 0) is 28.9 Å². The van der Waals surface area contributed by atoms with Crippen LogP contribution in [0.4, 0.5) is 5.13 Å². The number of nitrogens with one attached hydrogen (secondary N) is 1. The lowest BCUT2D eigenvalue weighted by atomic mass is 9.98. The Balaban J connectivity index is 1.47. The number of benzene rings is 1. The molecule has 0 radical (unpaired) electrons. The predicted octanol–water partition coefficient (Wildman–Crippen LogP) is 2.24. The van der Waals surface area contributed by atoms with Gasteiger partial charge in [-0.15, -0.1) is 11.3 Å². The van der Waals surface area contributed by atoms with Crippen molar-refractivity contribution in [2.45, 2.75) is 32.4 Å². The molecule has 130 valence electrons. The molecule has 2 aromatic rings. The van der Waals surface area contributed by atoms with Gasteiger partial charge in [-0.3, -0.25) is 15.0 Å². The van der Waals surface area contributed by atoms with Crippen molar-refractivity contribution in [3.05, 3.63) is 46.0 Å². The topological polar surface area (TPSA) is 71.5 Å². The van der Waals surface area contributed by atoms with Gasteiger partial charge in [0.1, 0.15) is 0 Å². The molecule has 1 amide bonds. The minimum absolute atomic E-state index is 0.318. The van der Waals surface area contributed by atoms with Crippen LogP contribution in [0.5, 0.6) is 0 Å². The normalized spacial score (nSPS) is 19.7. The van der Waals surface area contributed by atoms with Gasteiger partial charge < -0.3 is 4.74 Å². The lowest BCUT2D eigenvalue weighted by molar-refractivity contribution is -0.125. The third-order valence-electron chi connectivity index (χ3n) is 4.67. The molecule has 0 fully saturated rings. The first-order valence-corrected chi connectivity index (χ1v) is 9.26. The number of carbonyl (C=O) groups is 2. The first-order valence-electron chi connectivity index (χ1n) is 8.44. The number of likely N-dealkylation sites (N-methyl/N-ethyl adjacent to an activating group) is 1. The summed E-state index contributed by atoms with van der Waals surface area (Å²) in [7, 11) is 0. The summed E-state index contributed by atoms with van der Waals surface area (Å²) >= 11 is 1.51. The number of cyclic esters (lactones) is 1. The number of carbonyl (C=O) groups excluding carboxylic acids is 2. The second-order valence-corrected chi connectivity index (χ2v) is 7.34. The molecule has 0 bridgehead atoms. The molecule has 0 saturated carbocycles. The highest BCUT2D eigenvalue weighted by molar-refractivity contribution is 7.15. The summed E-state index contributed by atoms with van der Waals surface area (Å²) in [5, 5.41) is 3.41. The smallest absolute Gasteiger partial charge is 0.339 e. The van der Waals surface area contributed by atoms with Gasteiger partial charge in [-0.25, -0.2) is 9.78 Å². The molecule has 1 N–H and O–H groups in total. The van der Waals surface area contributed by atoms with Gasteiger partial charge in [0.05, 0.1) is 11.3 Å². The number of hydrogen-bond acceptors (Lipinski definition) is 6. The Labute approximate surface area is 149 Å². The minimum Gasteiger partial charge on any atom is -0.448 e. The fourth-order valence-corrected chi connectivity index (χ4v) is 4.29. The number of nitrogens with zero attached hydrogens (tertiary/aromatic N) is 2. The van der Waals surface area contributed by atoms with Gasteiger partial charge in [-0.1, -0.05) is 25.1 Å². The minimum atomic E-state index is -0.810. The maximum absolute atomic E-state index is 12.5. The first-order chi connectivity index (χ1) is 12.1. The van der Waals surface area contributed by atoms with Gasteiger partial charge in [-0.2, -0.15) is 0 Å². The van der Waals surface area contributed by atoms with Crippen LogP contribution in [0.1, 0.15) is 33.4 Å². The van der Waals surface area contributed by atoms with E-state index in [-0.39, 0.29) is 5.91 Å². The van der Waals surface area contributed by atoms with Gasteiger partial charge in [-0.05, 0) is 18.2 Å². The third-order valence-corrected chi connectivity index (χ3v) is 5.67. The van der Waals surface area contributed by atoms with Crippen molar-refractivity contribution >= 4 is 28.3 Å². The number of rotatable bonds is 3. The summed E-state index contributed by atoms with van der Waals surface area (Å²) in [6.07, 6.45) is 0.486. The van der Waals surface area contributed by atoms with E-state index in [2.05, 4.69) is 22.1 Å². The zero-order valence-electron chi connectivity index (χ0n) is 13.9. The Hall–Kier alpha value is -2.25. The van der Waals surface area contributed by atoms with Crippen LogP contribution >= 0.6 is 11.3 Å². The van der Waals surface area contributed by atoms with Gasteiger partial charge in [0.2, 0.25) is 0 Å². The monoisotopic (exact) mass is 357 g/mol. The number of fused-ring (bicyclic) bond motifs is 2.